The molecule has 0 atom stereocenters. The average Bonchev–Trinajstić information content (AvgIpc) is 2.67. The van der Waals surface area contributed by atoms with Crippen LogP contribution in [0.2, 0.25) is 0 Å². The van der Waals surface area contributed by atoms with Crippen molar-refractivity contribution >= 4 is 11.7 Å². The van der Waals surface area contributed by atoms with Crippen LogP contribution in [0.15, 0.2) is 18.5 Å². The van der Waals surface area contributed by atoms with Gasteiger partial charge >= 0.3 is 0 Å². The number of carbonyl (C=O) groups is 2. The monoisotopic (exact) mass is 262 g/mol. The Morgan fingerprint density at radius 2 is 1.95 bits per heavy atom. The molecular formula is C15H22N2O2. The van der Waals surface area contributed by atoms with E-state index in [0.717, 1.165) is 12.8 Å². The van der Waals surface area contributed by atoms with Crippen LogP contribution in [0.25, 0.3) is 0 Å². The van der Waals surface area contributed by atoms with Crippen LogP contribution < -0.4 is 5.32 Å². The molecule has 0 saturated heterocycles. The minimum absolute atomic E-state index is 0.0305. The summed E-state index contributed by atoms with van der Waals surface area (Å²) in [6.07, 6.45) is 10.7. The van der Waals surface area contributed by atoms with Crippen molar-refractivity contribution in [2.45, 2.75) is 58.0 Å². The molecule has 0 bridgehead atoms. The summed E-state index contributed by atoms with van der Waals surface area (Å²) in [6.45, 7) is 1.83. The van der Waals surface area contributed by atoms with Crippen molar-refractivity contribution in [3.05, 3.63) is 24.0 Å². The molecule has 19 heavy (non-hydrogen) atoms. The van der Waals surface area contributed by atoms with E-state index in [1.54, 1.807) is 23.0 Å². The molecule has 2 rings (SSSR count). The molecule has 1 aromatic heterocycles. The lowest BCUT2D eigenvalue weighted by Gasteiger charge is -2.16. The van der Waals surface area contributed by atoms with E-state index in [1.807, 2.05) is 0 Å². The molecule has 1 aliphatic carbocycles. The maximum Gasteiger partial charge on any atom is 0.240 e. The van der Waals surface area contributed by atoms with Gasteiger partial charge in [-0.2, -0.15) is 0 Å². The van der Waals surface area contributed by atoms with Crippen molar-refractivity contribution in [3.63, 3.8) is 0 Å². The van der Waals surface area contributed by atoms with Gasteiger partial charge in [-0.1, -0.05) is 25.7 Å². The lowest BCUT2D eigenvalue weighted by Crippen LogP contribution is -2.36. The second-order valence-electron chi connectivity index (χ2n) is 5.38. The molecule has 1 N–H and O–H groups in total. The fourth-order valence-corrected chi connectivity index (χ4v) is 2.61. The highest BCUT2D eigenvalue weighted by atomic mass is 16.2. The van der Waals surface area contributed by atoms with Crippen molar-refractivity contribution in [1.29, 1.82) is 0 Å². The Kier molecular flexibility index (Phi) is 4.77. The van der Waals surface area contributed by atoms with Gasteiger partial charge in [0, 0.05) is 24.0 Å². The van der Waals surface area contributed by atoms with Gasteiger partial charge in [0.1, 0.15) is 6.54 Å². The van der Waals surface area contributed by atoms with Gasteiger partial charge in [-0.05, 0) is 25.8 Å². The summed E-state index contributed by atoms with van der Waals surface area (Å²) in [5.41, 5.74) is 0.655. The van der Waals surface area contributed by atoms with Gasteiger partial charge in [-0.15, -0.1) is 0 Å². The van der Waals surface area contributed by atoms with Crippen LogP contribution in [0.3, 0.4) is 0 Å². The summed E-state index contributed by atoms with van der Waals surface area (Å²) in [4.78, 5) is 23.1. The Balaban J connectivity index is 1.84. The number of nitrogens with zero attached hydrogens (tertiary/aromatic N) is 1. The molecule has 1 aromatic rings. The molecular weight excluding hydrogens is 240 g/mol. The fourth-order valence-electron chi connectivity index (χ4n) is 2.61. The number of aromatic nitrogens is 1. The molecule has 1 fully saturated rings. The molecule has 0 aromatic carbocycles. The zero-order valence-corrected chi connectivity index (χ0v) is 11.5. The maximum atomic E-state index is 12.0. The second-order valence-corrected chi connectivity index (χ2v) is 5.38. The lowest BCUT2D eigenvalue weighted by atomic mass is 10.1. The minimum Gasteiger partial charge on any atom is -0.352 e. The van der Waals surface area contributed by atoms with Gasteiger partial charge in [0.25, 0.3) is 0 Å². The number of rotatable bonds is 4. The first-order valence-electron chi connectivity index (χ1n) is 7.11. The van der Waals surface area contributed by atoms with Gasteiger partial charge in [0.05, 0.1) is 0 Å². The molecule has 104 valence electrons. The molecule has 1 saturated carbocycles. The van der Waals surface area contributed by atoms with Crippen molar-refractivity contribution < 1.29 is 9.59 Å². The first kappa shape index (κ1) is 13.8. The molecule has 1 amide bonds. The molecule has 4 nitrogen and oxygen atoms in total. The van der Waals surface area contributed by atoms with E-state index in [4.69, 9.17) is 0 Å². The van der Waals surface area contributed by atoms with Crippen LogP contribution in [-0.2, 0) is 11.3 Å². The number of amides is 1. The topological polar surface area (TPSA) is 51.1 Å². The molecule has 0 radical (unpaired) electrons. The first-order valence-corrected chi connectivity index (χ1v) is 7.11. The van der Waals surface area contributed by atoms with Crippen LogP contribution >= 0.6 is 0 Å². The van der Waals surface area contributed by atoms with Crippen molar-refractivity contribution in [1.82, 2.24) is 9.88 Å². The molecule has 4 heteroatoms. The highest BCUT2D eigenvalue weighted by Crippen LogP contribution is 2.17. The van der Waals surface area contributed by atoms with E-state index >= 15 is 0 Å². The molecule has 0 aliphatic heterocycles. The molecule has 1 heterocycles. The quantitative estimate of drug-likeness (QED) is 0.669. The van der Waals surface area contributed by atoms with Gasteiger partial charge < -0.3 is 9.88 Å². The maximum absolute atomic E-state index is 12.0. The van der Waals surface area contributed by atoms with Gasteiger partial charge in [-0.3, -0.25) is 9.59 Å². The van der Waals surface area contributed by atoms with Crippen molar-refractivity contribution in [3.8, 4) is 0 Å². The Labute approximate surface area is 114 Å². The third kappa shape index (κ3) is 4.23. The van der Waals surface area contributed by atoms with E-state index in [0.29, 0.717) is 18.2 Å². The van der Waals surface area contributed by atoms with Crippen LogP contribution in [0.4, 0.5) is 0 Å². The predicted octanol–water partition coefficient (Wildman–Crippen LogP) is 2.53. The van der Waals surface area contributed by atoms with E-state index in [-0.39, 0.29) is 11.7 Å². The van der Waals surface area contributed by atoms with E-state index in [9.17, 15) is 9.59 Å². The van der Waals surface area contributed by atoms with Crippen LogP contribution in [-0.4, -0.2) is 22.3 Å². The van der Waals surface area contributed by atoms with Gasteiger partial charge in [-0.25, -0.2) is 0 Å². The van der Waals surface area contributed by atoms with Gasteiger partial charge in [0.15, 0.2) is 5.78 Å². The highest BCUT2D eigenvalue weighted by Gasteiger charge is 2.14. The average molecular weight is 262 g/mol. The van der Waals surface area contributed by atoms with E-state index in [2.05, 4.69) is 5.32 Å². The summed E-state index contributed by atoms with van der Waals surface area (Å²) < 4.78 is 1.77. The fraction of sp³-hybridized carbons (Fsp3) is 0.600. The largest absolute Gasteiger partial charge is 0.352 e. The number of ketones is 1. The summed E-state index contributed by atoms with van der Waals surface area (Å²) in [6, 6.07) is 2.08. The summed E-state index contributed by atoms with van der Waals surface area (Å²) in [7, 11) is 0. The molecule has 0 unspecified atom stereocenters. The Morgan fingerprint density at radius 1 is 1.26 bits per heavy atom. The third-order valence-electron chi connectivity index (χ3n) is 3.70. The van der Waals surface area contributed by atoms with Crippen LogP contribution in [0.1, 0.15) is 55.8 Å². The smallest absolute Gasteiger partial charge is 0.240 e. The van der Waals surface area contributed by atoms with Gasteiger partial charge in [0.2, 0.25) is 5.91 Å². The second kappa shape index (κ2) is 6.55. The SMILES string of the molecule is CC(=O)c1ccn(CC(=O)NC2CCCCCC2)c1. The van der Waals surface area contributed by atoms with Crippen LogP contribution in [0.5, 0.6) is 0 Å². The zero-order chi connectivity index (χ0) is 13.7. The molecule has 0 spiro atoms. The predicted molar refractivity (Wildman–Crippen MR) is 74.1 cm³/mol. The first-order chi connectivity index (χ1) is 9.15. The standard InChI is InChI=1S/C15H22N2O2/c1-12(18)13-8-9-17(10-13)11-15(19)16-14-6-4-2-3-5-7-14/h8-10,14H,2-7,11H2,1H3,(H,16,19). The summed E-state index contributed by atoms with van der Waals surface area (Å²) in [5.74, 6) is 0.0699. The number of nitrogens with one attached hydrogen (secondary N) is 1. The normalized spacial score (nSPS) is 16.9. The van der Waals surface area contributed by atoms with E-state index in [1.165, 1.54) is 32.6 Å². The third-order valence-corrected chi connectivity index (χ3v) is 3.70. The minimum atomic E-state index is 0.0305. The van der Waals surface area contributed by atoms with Crippen molar-refractivity contribution in [2.75, 3.05) is 0 Å². The number of hydrogen-bond acceptors (Lipinski definition) is 2. The van der Waals surface area contributed by atoms with E-state index < -0.39 is 0 Å². The number of Topliss-reactive ketones (excluding diaryl/α,β-unsaturated/α-hetero) is 1. The summed E-state index contributed by atoms with van der Waals surface area (Å²) >= 11 is 0. The molecule has 1 aliphatic rings. The Hall–Kier alpha value is -1.58. The van der Waals surface area contributed by atoms with Crippen LogP contribution in [0, 0.1) is 0 Å². The summed E-state index contributed by atoms with van der Waals surface area (Å²) in [5, 5.41) is 3.10. The highest BCUT2D eigenvalue weighted by molar-refractivity contribution is 5.93. The Bertz CT molecular complexity index is 443. The zero-order valence-electron chi connectivity index (χ0n) is 11.5. The lowest BCUT2D eigenvalue weighted by molar-refractivity contribution is -0.122. The number of hydrogen-bond donors (Lipinski definition) is 1. The van der Waals surface area contributed by atoms with Crippen molar-refractivity contribution in [2.24, 2.45) is 0 Å². The Morgan fingerprint density at radius 3 is 2.53 bits per heavy atom. The number of carbonyl (C=O) groups excluding carboxylic acids is 2.